The van der Waals surface area contributed by atoms with E-state index in [1.54, 1.807) is 14.2 Å². The van der Waals surface area contributed by atoms with Gasteiger partial charge in [-0.1, -0.05) is 35.9 Å². The molecule has 1 N–H and O–H groups in total. The number of methoxy groups -OCH3 is 2. The summed E-state index contributed by atoms with van der Waals surface area (Å²) in [6.07, 6.45) is 1.13. The minimum atomic E-state index is -0.377. The number of benzene rings is 2. The van der Waals surface area contributed by atoms with Crippen LogP contribution in [0.1, 0.15) is 33.3 Å². The molecule has 1 aromatic heterocycles. The Balaban J connectivity index is 1.55. The first-order chi connectivity index (χ1) is 13.6. The van der Waals surface area contributed by atoms with Crippen LogP contribution < -0.4 is 14.8 Å². The van der Waals surface area contributed by atoms with Gasteiger partial charge in [0.2, 0.25) is 5.89 Å². The molecular weight excluding hydrogens is 358 g/mol. The number of ether oxygens (including phenoxy) is 2. The zero-order valence-corrected chi connectivity index (χ0v) is 16.2. The van der Waals surface area contributed by atoms with Gasteiger partial charge in [-0.2, -0.15) is 0 Å². The van der Waals surface area contributed by atoms with E-state index >= 15 is 0 Å². The van der Waals surface area contributed by atoms with Gasteiger partial charge in [0.25, 0.3) is 0 Å². The molecule has 0 saturated carbocycles. The molecule has 28 heavy (non-hydrogen) atoms. The molecule has 3 aromatic rings. The number of hydrogen-bond acceptors (Lipinski definition) is 6. The van der Waals surface area contributed by atoms with Crippen molar-refractivity contribution in [2.75, 3.05) is 20.8 Å². The van der Waals surface area contributed by atoms with E-state index in [9.17, 15) is 4.79 Å². The molecule has 0 aliphatic heterocycles. The molecule has 0 aliphatic carbocycles. The topological polar surface area (TPSA) is 86.5 Å². The van der Waals surface area contributed by atoms with Crippen molar-refractivity contribution in [1.82, 2.24) is 15.5 Å². The van der Waals surface area contributed by atoms with Gasteiger partial charge in [-0.25, -0.2) is 0 Å². The smallest absolute Gasteiger partial charge is 0.308 e. The van der Waals surface area contributed by atoms with Crippen molar-refractivity contribution in [2.24, 2.45) is 0 Å². The molecule has 0 unspecified atom stereocenters. The maximum Gasteiger partial charge on any atom is 0.308 e. The lowest BCUT2D eigenvalue weighted by Gasteiger charge is -2.08. The minimum Gasteiger partial charge on any atom is -0.493 e. The Bertz CT molecular complexity index is 935. The molecule has 0 bridgehead atoms. The predicted molar refractivity (Wildman–Crippen MR) is 104 cm³/mol. The minimum absolute atomic E-state index is 0.0422. The van der Waals surface area contributed by atoms with Crippen LogP contribution in [-0.4, -0.2) is 36.9 Å². The van der Waals surface area contributed by atoms with E-state index < -0.39 is 0 Å². The van der Waals surface area contributed by atoms with Crippen molar-refractivity contribution >= 4 is 5.91 Å². The molecular formula is C21H23N3O4. The average molecular weight is 381 g/mol. The second-order valence-electron chi connectivity index (χ2n) is 6.36. The van der Waals surface area contributed by atoms with Crippen LogP contribution in [0, 0.1) is 6.92 Å². The van der Waals surface area contributed by atoms with Gasteiger partial charge in [0.05, 0.1) is 20.6 Å². The van der Waals surface area contributed by atoms with Crippen molar-refractivity contribution in [2.45, 2.75) is 19.8 Å². The van der Waals surface area contributed by atoms with E-state index in [0.29, 0.717) is 30.4 Å². The third-order valence-corrected chi connectivity index (χ3v) is 4.28. The first-order valence-corrected chi connectivity index (χ1v) is 8.96. The maximum atomic E-state index is 12.2. The Labute approximate surface area is 163 Å². The summed E-state index contributed by atoms with van der Waals surface area (Å²) in [4.78, 5) is 12.2. The maximum absolute atomic E-state index is 12.2. The molecule has 1 heterocycles. The molecule has 2 aromatic carbocycles. The van der Waals surface area contributed by atoms with Gasteiger partial charge >= 0.3 is 11.8 Å². The Kier molecular flexibility index (Phi) is 6.26. The van der Waals surface area contributed by atoms with Crippen LogP contribution >= 0.6 is 0 Å². The van der Waals surface area contributed by atoms with Gasteiger partial charge in [-0.3, -0.25) is 4.79 Å². The highest BCUT2D eigenvalue weighted by Gasteiger charge is 2.15. The summed E-state index contributed by atoms with van der Waals surface area (Å²) in [6.45, 7) is 2.54. The molecule has 0 spiro atoms. The predicted octanol–water partition coefficient (Wildman–Crippen LogP) is 2.96. The van der Waals surface area contributed by atoms with Gasteiger partial charge in [-0.05, 0) is 36.6 Å². The number of nitrogens with one attached hydrogen (secondary N) is 1. The van der Waals surface area contributed by atoms with Gasteiger partial charge in [0.1, 0.15) is 0 Å². The molecule has 7 heteroatoms. The molecule has 0 fully saturated rings. The number of carbonyl (C=O) groups is 1. The highest BCUT2D eigenvalue weighted by atomic mass is 16.5. The summed E-state index contributed by atoms with van der Waals surface area (Å²) >= 11 is 0. The van der Waals surface area contributed by atoms with E-state index in [2.05, 4.69) is 39.8 Å². The van der Waals surface area contributed by atoms with Crippen molar-refractivity contribution in [1.29, 1.82) is 0 Å². The number of carbonyl (C=O) groups excluding carboxylic acids is 1. The quantitative estimate of drug-likeness (QED) is 0.646. The number of nitrogens with zero attached hydrogens (tertiary/aromatic N) is 2. The van der Waals surface area contributed by atoms with Gasteiger partial charge in [0, 0.05) is 6.54 Å². The van der Waals surface area contributed by atoms with Gasteiger partial charge in [-0.15, -0.1) is 10.2 Å². The monoisotopic (exact) mass is 381 g/mol. The highest BCUT2D eigenvalue weighted by Crippen LogP contribution is 2.28. The first kappa shape index (κ1) is 19.4. The fraction of sp³-hybridized carbons (Fsp3) is 0.286. The standard InChI is InChI=1S/C21H23N3O4/c1-14-4-6-15(7-5-14)10-11-22-20(25)21-24-23-19(28-21)13-16-8-9-17(26-2)18(12-16)27-3/h4-9,12H,10-11,13H2,1-3H3,(H,22,25). The fourth-order valence-electron chi connectivity index (χ4n) is 2.73. The van der Waals surface area contributed by atoms with Crippen LogP contribution in [0.15, 0.2) is 46.9 Å². The Morgan fingerprint density at radius 3 is 2.43 bits per heavy atom. The Morgan fingerprint density at radius 1 is 1.00 bits per heavy atom. The molecule has 0 radical (unpaired) electrons. The summed E-state index contributed by atoms with van der Waals surface area (Å²) in [7, 11) is 3.16. The molecule has 3 rings (SSSR count). The Morgan fingerprint density at radius 2 is 1.71 bits per heavy atom. The largest absolute Gasteiger partial charge is 0.493 e. The van der Waals surface area contributed by atoms with E-state index in [-0.39, 0.29) is 11.8 Å². The van der Waals surface area contributed by atoms with Crippen LogP contribution in [0.3, 0.4) is 0 Å². The van der Waals surface area contributed by atoms with Crippen LogP contribution in [0.25, 0.3) is 0 Å². The number of aromatic nitrogens is 2. The summed E-state index contributed by atoms with van der Waals surface area (Å²) in [5.41, 5.74) is 3.28. The van der Waals surface area contributed by atoms with E-state index in [4.69, 9.17) is 13.9 Å². The first-order valence-electron chi connectivity index (χ1n) is 8.96. The molecule has 0 aliphatic rings. The SMILES string of the molecule is COc1ccc(Cc2nnc(C(=O)NCCc3ccc(C)cc3)o2)cc1OC. The van der Waals surface area contributed by atoms with Gasteiger partial charge < -0.3 is 19.2 Å². The average Bonchev–Trinajstić information content (AvgIpc) is 3.18. The van der Waals surface area contributed by atoms with Crippen molar-refractivity contribution < 1.29 is 18.7 Å². The molecule has 0 atom stereocenters. The Hall–Kier alpha value is -3.35. The second kappa shape index (κ2) is 9.03. The third-order valence-electron chi connectivity index (χ3n) is 4.28. The molecule has 146 valence electrons. The lowest BCUT2D eigenvalue weighted by Crippen LogP contribution is -2.26. The van der Waals surface area contributed by atoms with Crippen LogP contribution in [-0.2, 0) is 12.8 Å². The normalized spacial score (nSPS) is 10.5. The van der Waals surface area contributed by atoms with Crippen molar-refractivity contribution in [3.05, 3.63) is 70.9 Å². The summed E-state index contributed by atoms with van der Waals surface area (Å²) < 4.78 is 16.0. The summed E-state index contributed by atoms with van der Waals surface area (Å²) in [5, 5.41) is 10.6. The lowest BCUT2D eigenvalue weighted by atomic mass is 10.1. The zero-order chi connectivity index (χ0) is 19.9. The van der Waals surface area contributed by atoms with Gasteiger partial charge in [0.15, 0.2) is 11.5 Å². The van der Waals surface area contributed by atoms with E-state index in [1.165, 1.54) is 5.56 Å². The fourth-order valence-corrected chi connectivity index (χ4v) is 2.73. The number of rotatable bonds is 8. The summed E-state index contributed by atoms with van der Waals surface area (Å²) in [5.74, 6) is 1.20. The molecule has 1 amide bonds. The molecule has 0 saturated heterocycles. The van der Waals surface area contributed by atoms with E-state index in [1.807, 2.05) is 25.1 Å². The van der Waals surface area contributed by atoms with Crippen molar-refractivity contribution in [3.63, 3.8) is 0 Å². The molecule has 7 nitrogen and oxygen atoms in total. The number of hydrogen-bond donors (Lipinski definition) is 1. The van der Waals surface area contributed by atoms with Crippen molar-refractivity contribution in [3.8, 4) is 11.5 Å². The summed E-state index contributed by atoms with van der Waals surface area (Å²) in [6, 6.07) is 13.7. The van der Waals surface area contributed by atoms with Crippen LogP contribution in [0.5, 0.6) is 11.5 Å². The number of amides is 1. The van der Waals surface area contributed by atoms with E-state index in [0.717, 1.165) is 17.5 Å². The number of aryl methyl sites for hydroxylation is 1. The third kappa shape index (κ3) is 4.88. The highest BCUT2D eigenvalue weighted by molar-refractivity contribution is 5.89. The lowest BCUT2D eigenvalue weighted by molar-refractivity contribution is 0.0918. The second-order valence-corrected chi connectivity index (χ2v) is 6.36. The van der Waals surface area contributed by atoms with Crippen LogP contribution in [0.4, 0.5) is 0 Å². The van der Waals surface area contributed by atoms with Crippen LogP contribution in [0.2, 0.25) is 0 Å². The zero-order valence-electron chi connectivity index (χ0n) is 16.2.